The number of hydrogen-bond acceptors (Lipinski definition) is 4. The third kappa shape index (κ3) is 2.61. The molecule has 1 saturated heterocycles. The Bertz CT molecular complexity index is 783. The number of carbonyl (C=O) groups excluding carboxylic acids is 1. The molecule has 0 spiro atoms. The molecule has 1 aliphatic heterocycles. The molecule has 7 heteroatoms. The second-order valence-corrected chi connectivity index (χ2v) is 5.38. The van der Waals surface area contributed by atoms with Crippen LogP contribution in [0.2, 0.25) is 0 Å². The van der Waals surface area contributed by atoms with Crippen molar-refractivity contribution in [1.82, 2.24) is 9.47 Å². The molecule has 0 atom stereocenters. The Kier molecular flexibility index (Phi) is 3.70. The van der Waals surface area contributed by atoms with Gasteiger partial charge in [-0.1, -0.05) is 0 Å². The molecule has 1 aromatic carbocycles. The van der Waals surface area contributed by atoms with E-state index in [-0.39, 0.29) is 23.6 Å². The lowest BCUT2D eigenvalue weighted by Crippen LogP contribution is -2.39. The Morgan fingerprint density at radius 1 is 1.18 bits per heavy atom. The number of benzene rings is 1. The number of carboxylic acids is 1. The quantitative estimate of drug-likeness (QED) is 0.922. The number of fused-ring (bicyclic) bond motifs is 1. The molecule has 7 nitrogen and oxygen atoms in total. The van der Waals surface area contributed by atoms with E-state index in [2.05, 4.69) is 0 Å². The molecule has 0 saturated carbocycles. The van der Waals surface area contributed by atoms with Crippen LogP contribution in [-0.2, 0) is 11.3 Å². The fraction of sp³-hybridized carbons (Fsp3) is 0.400. The van der Waals surface area contributed by atoms with E-state index < -0.39 is 11.7 Å². The fourth-order valence-electron chi connectivity index (χ4n) is 2.73. The van der Waals surface area contributed by atoms with Crippen LogP contribution >= 0.6 is 0 Å². The van der Waals surface area contributed by atoms with Gasteiger partial charge in [-0.25, -0.2) is 9.59 Å². The van der Waals surface area contributed by atoms with Crippen LogP contribution in [0.3, 0.4) is 0 Å². The van der Waals surface area contributed by atoms with E-state index in [9.17, 15) is 14.4 Å². The van der Waals surface area contributed by atoms with Gasteiger partial charge in [0.15, 0.2) is 5.58 Å². The average Bonchev–Trinajstić information content (AvgIpc) is 2.83. The van der Waals surface area contributed by atoms with Crippen LogP contribution in [0.25, 0.3) is 11.1 Å². The first-order valence-electron chi connectivity index (χ1n) is 7.21. The summed E-state index contributed by atoms with van der Waals surface area (Å²) in [6.07, 6.45) is 3.08. The number of carbonyl (C=O) groups is 2. The van der Waals surface area contributed by atoms with Gasteiger partial charge in [0.2, 0.25) is 5.91 Å². The van der Waals surface area contributed by atoms with Crippen molar-refractivity contribution in [3.8, 4) is 0 Å². The van der Waals surface area contributed by atoms with Crippen LogP contribution in [-0.4, -0.2) is 39.5 Å². The van der Waals surface area contributed by atoms with Crippen LogP contribution in [0.5, 0.6) is 0 Å². The Balaban J connectivity index is 1.90. The minimum atomic E-state index is -1.10. The van der Waals surface area contributed by atoms with Crippen molar-refractivity contribution in [1.29, 1.82) is 0 Å². The van der Waals surface area contributed by atoms with E-state index >= 15 is 0 Å². The number of carboxylic acid groups (broad SMARTS) is 1. The Labute approximate surface area is 125 Å². The highest BCUT2D eigenvalue weighted by molar-refractivity contribution is 5.92. The van der Waals surface area contributed by atoms with Crippen LogP contribution in [0.4, 0.5) is 0 Å². The minimum absolute atomic E-state index is 0.0377. The summed E-state index contributed by atoms with van der Waals surface area (Å²) in [7, 11) is 0. The molecule has 0 bridgehead atoms. The van der Waals surface area contributed by atoms with Crippen molar-refractivity contribution >= 4 is 23.0 Å². The molecular weight excluding hydrogens is 288 g/mol. The lowest BCUT2D eigenvalue weighted by Gasteiger charge is -2.26. The molecule has 1 aromatic heterocycles. The maximum absolute atomic E-state index is 12.3. The number of amides is 1. The van der Waals surface area contributed by atoms with E-state index in [0.717, 1.165) is 19.3 Å². The van der Waals surface area contributed by atoms with Gasteiger partial charge < -0.3 is 14.4 Å². The molecule has 1 aliphatic rings. The molecule has 116 valence electrons. The molecule has 1 amide bonds. The Morgan fingerprint density at radius 3 is 2.59 bits per heavy atom. The molecule has 2 aromatic rings. The molecule has 0 radical (unpaired) electrons. The summed E-state index contributed by atoms with van der Waals surface area (Å²) in [6.45, 7) is 1.34. The monoisotopic (exact) mass is 304 g/mol. The molecule has 0 unspecified atom stereocenters. The predicted molar refractivity (Wildman–Crippen MR) is 77.9 cm³/mol. The first kappa shape index (κ1) is 14.4. The standard InChI is InChI=1S/C15H16N2O5/c18-13(16-6-2-1-3-7-16)9-17-11-5-4-10(14(19)20)8-12(11)22-15(17)21/h4-5,8H,1-3,6-7,9H2,(H,19,20). The van der Waals surface area contributed by atoms with Gasteiger partial charge in [0.1, 0.15) is 6.54 Å². The normalized spacial score (nSPS) is 15.2. The van der Waals surface area contributed by atoms with E-state index in [1.165, 1.54) is 22.8 Å². The second kappa shape index (κ2) is 5.67. The van der Waals surface area contributed by atoms with E-state index in [1.807, 2.05) is 0 Å². The Hall–Kier alpha value is -2.57. The number of piperidine rings is 1. The number of likely N-dealkylation sites (tertiary alicyclic amines) is 1. The maximum Gasteiger partial charge on any atom is 0.420 e. The average molecular weight is 304 g/mol. The summed E-state index contributed by atoms with van der Waals surface area (Å²) in [5, 5.41) is 8.95. The highest BCUT2D eigenvalue weighted by Crippen LogP contribution is 2.16. The first-order chi connectivity index (χ1) is 10.6. The van der Waals surface area contributed by atoms with Gasteiger partial charge in [0.25, 0.3) is 0 Å². The number of oxazole rings is 1. The Morgan fingerprint density at radius 2 is 1.91 bits per heavy atom. The first-order valence-corrected chi connectivity index (χ1v) is 7.21. The molecule has 2 heterocycles. The third-order valence-corrected chi connectivity index (χ3v) is 3.92. The van der Waals surface area contributed by atoms with Crippen molar-refractivity contribution < 1.29 is 19.1 Å². The SMILES string of the molecule is O=C(O)c1ccc2c(c1)oc(=O)n2CC(=O)N1CCCCC1. The van der Waals surface area contributed by atoms with E-state index in [1.54, 1.807) is 4.90 Å². The summed E-state index contributed by atoms with van der Waals surface area (Å²) in [4.78, 5) is 36.9. The topological polar surface area (TPSA) is 92.7 Å². The number of aromatic nitrogens is 1. The number of rotatable bonds is 3. The van der Waals surface area contributed by atoms with Crippen LogP contribution in [0, 0.1) is 0 Å². The summed E-state index contributed by atoms with van der Waals surface area (Å²) >= 11 is 0. The van der Waals surface area contributed by atoms with Crippen LogP contribution < -0.4 is 5.76 Å². The zero-order valence-corrected chi connectivity index (χ0v) is 11.9. The van der Waals surface area contributed by atoms with Gasteiger partial charge in [0, 0.05) is 13.1 Å². The van der Waals surface area contributed by atoms with Crippen molar-refractivity contribution in [3.63, 3.8) is 0 Å². The highest BCUT2D eigenvalue weighted by atomic mass is 16.4. The maximum atomic E-state index is 12.3. The zero-order chi connectivity index (χ0) is 15.7. The zero-order valence-electron chi connectivity index (χ0n) is 11.9. The van der Waals surface area contributed by atoms with Gasteiger partial charge >= 0.3 is 11.7 Å². The molecule has 0 aliphatic carbocycles. The number of aromatic carboxylic acids is 1. The van der Waals surface area contributed by atoms with Gasteiger partial charge in [-0.2, -0.15) is 0 Å². The molecule has 22 heavy (non-hydrogen) atoms. The van der Waals surface area contributed by atoms with Gasteiger partial charge in [0.05, 0.1) is 11.1 Å². The minimum Gasteiger partial charge on any atom is -0.478 e. The molecular formula is C15H16N2O5. The largest absolute Gasteiger partial charge is 0.478 e. The van der Waals surface area contributed by atoms with Crippen molar-refractivity contribution in [2.45, 2.75) is 25.8 Å². The van der Waals surface area contributed by atoms with E-state index in [0.29, 0.717) is 18.6 Å². The van der Waals surface area contributed by atoms with Crippen molar-refractivity contribution in [2.75, 3.05) is 13.1 Å². The van der Waals surface area contributed by atoms with Gasteiger partial charge in [-0.05, 0) is 37.5 Å². The second-order valence-electron chi connectivity index (χ2n) is 5.38. The highest BCUT2D eigenvalue weighted by Gasteiger charge is 2.20. The van der Waals surface area contributed by atoms with Crippen molar-refractivity contribution in [2.24, 2.45) is 0 Å². The predicted octanol–water partition coefficient (Wildman–Crippen LogP) is 1.31. The van der Waals surface area contributed by atoms with Gasteiger partial charge in [-0.15, -0.1) is 0 Å². The van der Waals surface area contributed by atoms with Crippen molar-refractivity contribution in [3.05, 3.63) is 34.3 Å². The molecule has 1 N–H and O–H groups in total. The van der Waals surface area contributed by atoms with Gasteiger partial charge in [-0.3, -0.25) is 9.36 Å². The van der Waals surface area contributed by atoms with E-state index in [4.69, 9.17) is 9.52 Å². The summed E-state index contributed by atoms with van der Waals surface area (Å²) < 4.78 is 6.30. The smallest absolute Gasteiger partial charge is 0.420 e. The van der Waals surface area contributed by atoms with Crippen LogP contribution in [0.15, 0.2) is 27.4 Å². The third-order valence-electron chi connectivity index (χ3n) is 3.92. The lowest BCUT2D eigenvalue weighted by molar-refractivity contribution is -0.132. The number of hydrogen-bond donors (Lipinski definition) is 1. The summed E-state index contributed by atoms with van der Waals surface area (Å²) in [5.74, 6) is -1.86. The summed E-state index contributed by atoms with van der Waals surface area (Å²) in [5.41, 5.74) is 0.646. The fourth-order valence-corrected chi connectivity index (χ4v) is 2.73. The summed E-state index contributed by atoms with van der Waals surface area (Å²) in [6, 6.07) is 4.18. The lowest BCUT2D eigenvalue weighted by atomic mass is 10.1. The molecule has 3 rings (SSSR count). The van der Waals surface area contributed by atoms with Crippen LogP contribution in [0.1, 0.15) is 29.6 Å². The molecule has 1 fully saturated rings. The number of nitrogens with zero attached hydrogens (tertiary/aromatic N) is 2.